The van der Waals surface area contributed by atoms with Crippen LogP contribution in [-0.4, -0.2) is 18.5 Å². The van der Waals surface area contributed by atoms with E-state index in [1.807, 2.05) is 13.0 Å². The molecule has 1 nitrogen and oxygen atoms in total. The molecule has 14 heavy (non-hydrogen) atoms. The number of hydrogen-bond acceptors (Lipinski definition) is 1. The number of halogens is 1. The van der Waals surface area contributed by atoms with Gasteiger partial charge in [-0.05, 0) is 38.4 Å². The van der Waals surface area contributed by atoms with E-state index in [1.165, 1.54) is 5.56 Å². The Bertz CT molecular complexity index is 233. The highest BCUT2D eigenvalue weighted by atomic mass is 35.5. The van der Waals surface area contributed by atoms with Crippen LogP contribution in [0.4, 0.5) is 0 Å². The van der Waals surface area contributed by atoms with Crippen LogP contribution < -0.4 is 5.32 Å². The summed E-state index contributed by atoms with van der Waals surface area (Å²) in [4.78, 5) is 0. The SMILES string of the molecule is CC(Cl)CCNCCc1ccccc1. The lowest BCUT2D eigenvalue weighted by Crippen LogP contribution is -2.20. The van der Waals surface area contributed by atoms with Gasteiger partial charge in [-0.3, -0.25) is 0 Å². The molecule has 0 aliphatic heterocycles. The van der Waals surface area contributed by atoms with Gasteiger partial charge in [0.15, 0.2) is 0 Å². The predicted molar refractivity (Wildman–Crippen MR) is 62.9 cm³/mol. The maximum absolute atomic E-state index is 5.83. The Balaban J connectivity index is 2.05. The highest BCUT2D eigenvalue weighted by molar-refractivity contribution is 6.20. The van der Waals surface area contributed by atoms with Gasteiger partial charge in [-0.15, -0.1) is 11.6 Å². The van der Waals surface area contributed by atoms with Gasteiger partial charge in [-0.1, -0.05) is 30.3 Å². The van der Waals surface area contributed by atoms with E-state index in [4.69, 9.17) is 11.6 Å². The second-order valence-corrected chi connectivity index (χ2v) is 4.30. The molecule has 78 valence electrons. The van der Waals surface area contributed by atoms with Gasteiger partial charge in [0.25, 0.3) is 0 Å². The smallest absolute Gasteiger partial charge is 0.0319 e. The fourth-order valence-corrected chi connectivity index (χ4v) is 1.41. The van der Waals surface area contributed by atoms with Crippen molar-refractivity contribution in [2.45, 2.75) is 25.1 Å². The number of alkyl halides is 1. The van der Waals surface area contributed by atoms with Crippen molar-refractivity contribution in [1.29, 1.82) is 0 Å². The molecule has 0 bridgehead atoms. The van der Waals surface area contributed by atoms with Crippen LogP contribution in [0.25, 0.3) is 0 Å². The second kappa shape index (κ2) is 6.86. The summed E-state index contributed by atoms with van der Waals surface area (Å²) < 4.78 is 0. The van der Waals surface area contributed by atoms with E-state index in [1.54, 1.807) is 0 Å². The summed E-state index contributed by atoms with van der Waals surface area (Å²) in [6.07, 6.45) is 2.13. The van der Waals surface area contributed by atoms with Crippen molar-refractivity contribution >= 4 is 11.6 Å². The largest absolute Gasteiger partial charge is 0.316 e. The van der Waals surface area contributed by atoms with Crippen LogP contribution in [0.3, 0.4) is 0 Å². The minimum atomic E-state index is 0.277. The standard InChI is InChI=1S/C12H18ClN/c1-11(13)7-9-14-10-8-12-5-3-2-4-6-12/h2-6,11,14H,7-10H2,1H3. The molecule has 1 unspecified atom stereocenters. The van der Waals surface area contributed by atoms with Crippen LogP contribution in [0, 0.1) is 0 Å². The minimum absolute atomic E-state index is 0.277. The molecule has 0 saturated heterocycles. The molecule has 0 aliphatic carbocycles. The first-order valence-electron chi connectivity index (χ1n) is 5.18. The van der Waals surface area contributed by atoms with E-state index >= 15 is 0 Å². The lowest BCUT2D eigenvalue weighted by atomic mass is 10.1. The average molecular weight is 212 g/mol. The summed E-state index contributed by atoms with van der Waals surface area (Å²) in [7, 11) is 0. The van der Waals surface area contributed by atoms with Crippen LogP contribution in [0.1, 0.15) is 18.9 Å². The van der Waals surface area contributed by atoms with Crippen LogP contribution >= 0.6 is 11.6 Å². The van der Waals surface area contributed by atoms with Crippen molar-refractivity contribution in [3.05, 3.63) is 35.9 Å². The van der Waals surface area contributed by atoms with E-state index in [2.05, 4.69) is 29.6 Å². The third-order valence-corrected chi connectivity index (χ3v) is 2.37. The molecule has 1 aromatic rings. The Morgan fingerprint density at radius 2 is 1.93 bits per heavy atom. The molecular formula is C12H18ClN. The molecule has 0 aromatic heterocycles. The molecule has 0 heterocycles. The molecule has 2 heteroatoms. The monoisotopic (exact) mass is 211 g/mol. The molecule has 0 amide bonds. The van der Waals surface area contributed by atoms with E-state index in [0.29, 0.717) is 0 Å². The fourth-order valence-electron chi connectivity index (χ4n) is 1.30. The van der Waals surface area contributed by atoms with E-state index in [9.17, 15) is 0 Å². The van der Waals surface area contributed by atoms with Gasteiger partial charge >= 0.3 is 0 Å². The summed E-state index contributed by atoms with van der Waals surface area (Å²) >= 11 is 5.83. The molecule has 0 radical (unpaired) electrons. The molecule has 0 fully saturated rings. The zero-order valence-electron chi connectivity index (χ0n) is 8.67. The summed E-state index contributed by atoms with van der Waals surface area (Å²) in [6.45, 7) is 4.07. The van der Waals surface area contributed by atoms with Gasteiger partial charge in [0.1, 0.15) is 0 Å². The van der Waals surface area contributed by atoms with Crippen molar-refractivity contribution in [3.8, 4) is 0 Å². The molecule has 0 aliphatic rings. The first-order chi connectivity index (χ1) is 6.79. The first kappa shape index (κ1) is 11.5. The van der Waals surface area contributed by atoms with Crippen LogP contribution in [0.5, 0.6) is 0 Å². The zero-order chi connectivity index (χ0) is 10.2. The first-order valence-corrected chi connectivity index (χ1v) is 5.61. The Labute approximate surface area is 91.5 Å². The fraction of sp³-hybridized carbons (Fsp3) is 0.500. The minimum Gasteiger partial charge on any atom is -0.316 e. The Kier molecular flexibility index (Phi) is 5.65. The summed E-state index contributed by atoms with van der Waals surface area (Å²) in [5.41, 5.74) is 1.39. The Hall–Kier alpha value is -0.530. The summed E-state index contributed by atoms with van der Waals surface area (Å²) in [5.74, 6) is 0. The van der Waals surface area contributed by atoms with E-state index in [0.717, 1.165) is 25.9 Å². The second-order valence-electron chi connectivity index (χ2n) is 3.56. The Morgan fingerprint density at radius 1 is 1.21 bits per heavy atom. The third-order valence-electron chi connectivity index (χ3n) is 2.15. The van der Waals surface area contributed by atoms with Crippen molar-refractivity contribution in [2.75, 3.05) is 13.1 Å². The predicted octanol–water partition coefficient (Wildman–Crippen LogP) is 2.84. The number of nitrogens with one attached hydrogen (secondary N) is 1. The quantitative estimate of drug-likeness (QED) is 0.564. The average Bonchev–Trinajstić information content (AvgIpc) is 2.18. The van der Waals surface area contributed by atoms with Gasteiger partial charge in [0.05, 0.1) is 0 Å². The third kappa shape index (κ3) is 5.25. The highest BCUT2D eigenvalue weighted by Crippen LogP contribution is 1.99. The number of benzene rings is 1. The Morgan fingerprint density at radius 3 is 2.57 bits per heavy atom. The van der Waals surface area contributed by atoms with Crippen molar-refractivity contribution in [1.82, 2.24) is 5.32 Å². The van der Waals surface area contributed by atoms with Crippen molar-refractivity contribution in [3.63, 3.8) is 0 Å². The topological polar surface area (TPSA) is 12.0 Å². The van der Waals surface area contributed by atoms with Gasteiger partial charge in [0.2, 0.25) is 0 Å². The molecule has 0 spiro atoms. The van der Waals surface area contributed by atoms with Crippen LogP contribution in [0.2, 0.25) is 0 Å². The van der Waals surface area contributed by atoms with Crippen LogP contribution in [-0.2, 0) is 6.42 Å². The lowest BCUT2D eigenvalue weighted by Gasteiger charge is -2.05. The van der Waals surface area contributed by atoms with Gasteiger partial charge < -0.3 is 5.32 Å². The van der Waals surface area contributed by atoms with Crippen LogP contribution in [0.15, 0.2) is 30.3 Å². The highest BCUT2D eigenvalue weighted by Gasteiger charge is 1.95. The normalized spacial score (nSPS) is 12.7. The van der Waals surface area contributed by atoms with Crippen molar-refractivity contribution < 1.29 is 0 Å². The zero-order valence-corrected chi connectivity index (χ0v) is 9.43. The summed E-state index contributed by atoms with van der Waals surface area (Å²) in [5, 5.41) is 3.66. The van der Waals surface area contributed by atoms with Gasteiger partial charge in [-0.2, -0.15) is 0 Å². The lowest BCUT2D eigenvalue weighted by molar-refractivity contribution is 0.643. The molecule has 1 rings (SSSR count). The molecule has 1 N–H and O–H groups in total. The van der Waals surface area contributed by atoms with Gasteiger partial charge in [-0.25, -0.2) is 0 Å². The number of hydrogen-bond donors (Lipinski definition) is 1. The molecule has 0 saturated carbocycles. The van der Waals surface area contributed by atoms with Crippen molar-refractivity contribution in [2.24, 2.45) is 0 Å². The van der Waals surface area contributed by atoms with E-state index < -0.39 is 0 Å². The summed E-state index contributed by atoms with van der Waals surface area (Å²) in [6, 6.07) is 10.5. The molecule has 1 atom stereocenters. The molecule has 1 aromatic carbocycles. The number of rotatable bonds is 6. The maximum atomic E-state index is 5.83. The van der Waals surface area contributed by atoms with E-state index in [-0.39, 0.29) is 5.38 Å². The maximum Gasteiger partial charge on any atom is 0.0319 e. The van der Waals surface area contributed by atoms with Gasteiger partial charge in [0, 0.05) is 5.38 Å². The molecular weight excluding hydrogens is 194 g/mol.